The fourth-order valence-corrected chi connectivity index (χ4v) is 2.37. The van der Waals surface area contributed by atoms with E-state index in [9.17, 15) is 4.79 Å². The van der Waals surface area contributed by atoms with Crippen molar-refractivity contribution < 1.29 is 28.5 Å². The molecule has 0 aliphatic carbocycles. The normalized spacial score (nSPS) is 25.0. The van der Waals surface area contributed by atoms with Crippen LogP contribution >= 0.6 is 0 Å². The van der Waals surface area contributed by atoms with Crippen molar-refractivity contribution in [1.29, 1.82) is 0 Å². The van der Waals surface area contributed by atoms with Gasteiger partial charge < -0.3 is 23.7 Å². The molecule has 2 saturated heterocycles. The van der Waals surface area contributed by atoms with E-state index in [1.807, 2.05) is 40.7 Å². The summed E-state index contributed by atoms with van der Waals surface area (Å²) in [4.78, 5) is 23.2. The molecule has 150 valence electrons. The first-order chi connectivity index (χ1) is 12.3. The SMILES string of the molecule is C\C=C(/C=C1/ON(C(=O)OC(C)(C)C)O/C1=C/C)B1OC(C)(C)C(C)(C)O1. The third-order valence-electron chi connectivity index (χ3n) is 4.57. The summed E-state index contributed by atoms with van der Waals surface area (Å²) in [7, 11) is -0.551. The minimum absolute atomic E-state index is 0.367. The number of hydrogen-bond donors (Lipinski definition) is 0. The molecule has 8 heteroatoms. The van der Waals surface area contributed by atoms with Crippen LogP contribution in [0.15, 0.2) is 35.2 Å². The summed E-state index contributed by atoms with van der Waals surface area (Å²) in [6.07, 6.45) is 4.58. The van der Waals surface area contributed by atoms with Gasteiger partial charge >= 0.3 is 13.2 Å². The topological polar surface area (TPSA) is 66.5 Å². The van der Waals surface area contributed by atoms with Gasteiger partial charge in [0.1, 0.15) is 5.60 Å². The Kier molecular flexibility index (Phi) is 5.73. The van der Waals surface area contributed by atoms with Gasteiger partial charge in [-0.05, 0) is 79.9 Å². The number of carbonyl (C=O) groups is 1. The van der Waals surface area contributed by atoms with Crippen LogP contribution in [0, 0.1) is 0 Å². The van der Waals surface area contributed by atoms with Crippen molar-refractivity contribution in [2.75, 3.05) is 0 Å². The molecule has 0 radical (unpaired) electrons. The lowest BCUT2D eigenvalue weighted by atomic mass is 9.77. The zero-order chi connectivity index (χ0) is 20.6. The molecule has 0 aromatic heterocycles. The Morgan fingerprint density at radius 2 is 1.56 bits per heavy atom. The van der Waals surface area contributed by atoms with Gasteiger partial charge in [-0.1, -0.05) is 6.08 Å². The molecular formula is C19H30BNO6. The third kappa shape index (κ3) is 4.68. The average molecular weight is 379 g/mol. The van der Waals surface area contributed by atoms with Crippen LogP contribution in [0.1, 0.15) is 62.3 Å². The Morgan fingerprint density at radius 3 is 2.00 bits per heavy atom. The van der Waals surface area contributed by atoms with E-state index in [0.717, 1.165) is 10.7 Å². The second kappa shape index (κ2) is 7.24. The maximum Gasteiger partial charge on any atom is 0.494 e. The van der Waals surface area contributed by atoms with Crippen LogP contribution < -0.4 is 0 Å². The molecule has 0 unspecified atom stereocenters. The van der Waals surface area contributed by atoms with Crippen molar-refractivity contribution in [3.05, 3.63) is 35.2 Å². The Morgan fingerprint density at radius 1 is 1.04 bits per heavy atom. The van der Waals surface area contributed by atoms with Gasteiger partial charge in [-0.3, -0.25) is 0 Å². The first-order valence-corrected chi connectivity index (χ1v) is 9.09. The lowest BCUT2D eigenvalue weighted by Gasteiger charge is -2.32. The van der Waals surface area contributed by atoms with E-state index in [-0.39, 0.29) is 0 Å². The quantitative estimate of drug-likeness (QED) is 0.660. The molecule has 2 aliphatic rings. The van der Waals surface area contributed by atoms with Crippen LogP contribution in [-0.4, -0.2) is 35.2 Å². The second-order valence-electron chi connectivity index (χ2n) is 8.46. The second-order valence-corrected chi connectivity index (χ2v) is 8.46. The highest BCUT2D eigenvalue weighted by atomic mass is 17.0. The Labute approximate surface area is 162 Å². The summed E-state index contributed by atoms with van der Waals surface area (Å²) in [6, 6.07) is 0. The minimum atomic E-state index is -0.733. The smallest absolute Gasteiger partial charge is 0.439 e. The van der Waals surface area contributed by atoms with Gasteiger partial charge in [0.05, 0.1) is 11.2 Å². The maximum absolute atomic E-state index is 12.2. The molecule has 2 rings (SSSR count). The van der Waals surface area contributed by atoms with Gasteiger partial charge in [0, 0.05) is 5.23 Å². The van der Waals surface area contributed by atoms with Crippen molar-refractivity contribution in [3.8, 4) is 0 Å². The number of amides is 1. The summed E-state index contributed by atoms with van der Waals surface area (Å²) in [5.74, 6) is 0.767. The molecule has 27 heavy (non-hydrogen) atoms. The number of hydroxylamine groups is 2. The van der Waals surface area contributed by atoms with Crippen LogP contribution in [-0.2, 0) is 23.7 Å². The summed E-state index contributed by atoms with van der Waals surface area (Å²) < 4.78 is 17.4. The van der Waals surface area contributed by atoms with E-state index >= 15 is 0 Å². The van der Waals surface area contributed by atoms with Gasteiger partial charge in [-0.15, -0.1) is 0 Å². The van der Waals surface area contributed by atoms with Gasteiger partial charge in [-0.25, -0.2) is 4.79 Å². The molecule has 0 aromatic carbocycles. The van der Waals surface area contributed by atoms with Crippen molar-refractivity contribution in [2.45, 2.75) is 79.1 Å². The number of rotatable bonds is 2. The summed E-state index contributed by atoms with van der Waals surface area (Å²) >= 11 is 0. The van der Waals surface area contributed by atoms with Crippen molar-refractivity contribution in [2.24, 2.45) is 0 Å². The van der Waals surface area contributed by atoms with E-state index in [4.69, 9.17) is 23.7 Å². The molecule has 2 fully saturated rings. The van der Waals surface area contributed by atoms with Crippen molar-refractivity contribution in [3.63, 3.8) is 0 Å². The Bertz CT molecular complexity index is 671. The number of hydrogen-bond acceptors (Lipinski definition) is 6. The molecule has 7 nitrogen and oxygen atoms in total. The highest BCUT2D eigenvalue weighted by Crippen LogP contribution is 2.39. The Hall–Kier alpha value is -1.93. The highest BCUT2D eigenvalue weighted by molar-refractivity contribution is 6.55. The third-order valence-corrected chi connectivity index (χ3v) is 4.57. The zero-order valence-corrected chi connectivity index (χ0v) is 17.7. The first-order valence-electron chi connectivity index (χ1n) is 9.09. The number of nitrogens with zero attached hydrogens (tertiary/aromatic N) is 1. The molecular weight excluding hydrogens is 349 g/mol. The predicted octanol–water partition coefficient (Wildman–Crippen LogP) is 4.47. The molecule has 0 spiro atoms. The predicted molar refractivity (Wildman–Crippen MR) is 102 cm³/mol. The van der Waals surface area contributed by atoms with Crippen LogP contribution in [0.2, 0.25) is 0 Å². The molecule has 0 aromatic rings. The fourth-order valence-electron chi connectivity index (χ4n) is 2.37. The number of ether oxygens (including phenoxy) is 1. The molecule has 2 heterocycles. The molecule has 2 aliphatic heterocycles. The zero-order valence-electron chi connectivity index (χ0n) is 17.7. The van der Waals surface area contributed by atoms with Gasteiger partial charge in [0.15, 0.2) is 0 Å². The van der Waals surface area contributed by atoms with Crippen LogP contribution in [0.4, 0.5) is 4.79 Å². The first kappa shape index (κ1) is 21.4. The lowest BCUT2D eigenvalue weighted by molar-refractivity contribution is -0.252. The highest BCUT2D eigenvalue weighted by Gasteiger charge is 2.52. The van der Waals surface area contributed by atoms with E-state index in [1.54, 1.807) is 39.8 Å². The average Bonchev–Trinajstić information content (AvgIpc) is 3.01. The largest absolute Gasteiger partial charge is 0.494 e. The van der Waals surface area contributed by atoms with E-state index in [0.29, 0.717) is 11.5 Å². The fraction of sp³-hybridized carbons (Fsp3) is 0.632. The van der Waals surface area contributed by atoms with Gasteiger partial charge in [-0.2, -0.15) is 0 Å². The Balaban J connectivity index is 2.20. The van der Waals surface area contributed by atoms with Crippen molar-refractivity contribution in [1.82, 2.24) is 5.23 Å². The standard InChI is InChI=1S/C19H30BNO6/c1-10-13(20-26-18(6,7)19(8,9)27-20)12-15-14(11-2)24-21(25-15)16(22)23-17(3,4)5/h10-12H,1-9H3/b13-10+,14-11+,15-12+. The van der Waals surface area contributed by atoms with Crippen molar-refractivity contribution >= 4 is 13.2 Å². The molecule has 1 amide bonds. The van der Waals surface area contributed by atoms with Gasteiger partial charge in [0.2, 0.25) is 11.5 Å². The molecule has 0 N–H and O–H groups in total. The minimum Gasteiger partial charge on any atom is -0.439 e. The summed E-state index contributed by atoms with van der Waals surface area (Å²) in [5, 5.41) is 0.726. The molecule has 0 atom stereocenters. The van der Waals surface area contributed by atoms with Crippen LogP contribution in [0.25, 0.3) is 0 Å². The van der Waals surface area contributed by atoms with Gasteiger partial charge in [0.25, 0.3) is 0 Å². The molecule has 0 bridgehead atoms. The van der Waals surface area contributed by atoms with E-state index in [2.05, 4.69) is 0 Å². The summed E-state index contributed by atoms with van der Waals surface area (Å²) in [6.45, 7) is 16.9. The van der Waals surface area contributed by atoms with E-state index in [1.165, 1.54) is 0 Å². The lowest BCUT2D eigenvalue weighted by Crippen LogP contribution is -2.41. The monoisotopic (exact) mass is 379 g/mol. The number of carbonyl (C=O) groups excluding carboxylic acids is 1. The molecule has 0 saturated carbocycles. The van der Waals surface area contributed by atoms with Crippen LogP contribution in [0.5, 0.6) is 0 Å². The number of allylic oxidation sites excluding steroid dienone is 4. The van der Waals surface area contributed by atoms with Crippen LogP contribution in [0.3, 0.4) is 0 Å². The van der Waals surface area contributed by atoms with E-state index < -0.39 is 30.0 Å². The maximum atomic E-state index is 12.2. The summed E-state index contributed by atoms with van der Waals surface area (Å²) in [5.41, 5.74) is -0.811.